The predicted molar refractivity (Wildman–Crippen MR) is 121 cm³/mol. The normalized spacial score (nSPS) is 11.7. The first-order valence-corrected chi connectivity index (χ1v) is 10.4. The standard InChI is InChI=1S/C23H31N5O/c1-3-24-23(25-14-6-7-16-28-18(2)9-8-12-22(28)29)26-15-13-19-17-27-21-11-5-4-10-20(19)21/h4-5,8-12,17,27H,3,6-7,13-16H2,1-2H3,(H2,24,25,26). The molecule has 3 N–H and O–H groups in total. The molecule has 0 spiro atoms. The highest BCUT2D eigenvalue weighted by molar-refractivity contribution is 5.83. The number of pyridine rings is 1. The van der Waals surface area contributed by atoms with Crippen molar-refractivity contribution in [3.63, 3.8) is 0 Å². The molecule has 0 saturated carbocycles. The number of rotatable bonds is 9. The van der Waals surface area contributed by atoms with E-state index in [0.29, 0.717) is 0 Å². The summed E-state index contributed by atoms with van der Waals surface area (Å²) in [6.07, 6.45) is 4.90. The third kappa shape index (κ3) is 5.73. The first kappa shape index (κ1) is 20.7. The summed E-state index contributed by atoms with van der Waals surface area (Å²) in [5.41, 5.74) is 3.57. The lowest BCUT2D eigenvalue weighted by molar-refractivity contribution is 0.585. The van der Waals surface area contributed by atoms with Gasteiger partial charge in [0.15, 0.2) is 5.96 Å². The van der Waals surface area contributed by atoms with Crippen LogP contribution < -0.4 is 16.2 Å². The van der Waals surface area contributed by atoms with Gasteiger partial charge in [-0.3, -0.25) is 9.79 Å². The Bertz CT molecular complexity index is 1000. The largest absolute Gasteiger partial charge is 0.361 e. The molecule has 0 fully saturated rings. The number of aromatic nitrogens is 2. The van der Waals surface area contributed by atoms with Gasteiger partial charge in [0.25, 0.3) is 5.56 Å². The fourth-order valence-electron chi connectivity index (χ4n) is 3.48. The number of para-hydroxylation sites is 1. The van der Waals surface area contributed by atoms with E-state index in [1.165, 1.54) is 16.5 Å². The molecule has 6 heteroatoms. The maximum Gasteiger partial charge on any atom is 0.250 e. The molecule has 0 aliphatic rings. The van der Waals surface area contributed by atoms with Crippen molar-refractivity contribution in [2.45, 2.75) is 39.7 Å². The van der Waals surface area contributed by atoms with Crippen LogP contribution in [0.5, 0.6) is 0 Å². The first-order valence-electron chi connectivity index (χ1n) is 10.4. The topological polar surface area (TPSA) is 74.2 Å². The Morgan fingerprint density at radius 3 is 2.79 bits per heavy atom. The zero-order valence-electron chi connectivity index (χ0n) is 17.4. The number of fused-ring (bicyclic) bond motifs is 1. The molecule has 154 valence electrons. The Kier molecular flexibility index (Phi) is 7.50. The van der Waals surface area contributed by atoms with Crippen molar-refractivity contribution in [1.29, 1.82) is 0 Å². The summed E-state index contributed by atoms with van der Waals surface area (Å²) in [6.45, 7) is 7.18. The fraction of sp³-hybridized carbons (Fsp3) is 0.391. The van der Waals surface area contributed by atoms with Gasteiger partial charge in [-0.2, -0.15) is 0 Å². The fourth-order valence-corrected chi connectivity index (χ4v) is 3.48. The van der Waals surface area contributed by atoms with E-state index in [2.05, 4.69) is 51.9 Å². The Labute approximate surface area is 172 Å². The zero-order chi connectivity index (χ0) is 20.5. The second-order valence-corrected chi connectivity index (χ2v) is 7.16. The number of guanidine groups is 1. The highest BCUT2D eigenvalue weighted by atomic mass is 16.1. The van der Waals surface area contributed by atoms with E-state index < -0.39 is 0 Å². The molecule has 3 aromatic rings. The van der Waals surface area contributed by atoms with Crippen LogP contribution in [0.2, 0.25) is 0 Å². The van der Waals surface area contributed by atoms with Crippen LogP contribution in [0.4, 0.5) is 0 Å². The van der Waals surface area contributed by atoms with Gasteiger partial charge in [-0.1, -0.05) is 24.3 Å². The van der Waals surface area contributed by atoms with Gasteiger partial charge in [0.2, 0.25) is 0 Å². The lowest BCUT2D eigenvalue weighted by atomic mass is 10.1. The van der Waals surface area contributed by atoms with Gasteiger partial charge in [0.1, 0.15) is 0 Å². The number of aliphatic imine (C=N–C) groups is 1. The molecule has 0 bridgehead atoms. The van der Waals surface area contributed by atoms with Crippen molar-refractivity contribution >= 4 is 16.9 Å². The lowest BCUT2D eigenvalue weighted by Gasteiger charge is -2.11. The number of aromatic amines is 1. The average Bonchev–Trinajstić information content (AvgIpc) is 3.13. The lowest BCUT2D eigenvalue weighted by Crippen LogP contribution is -2.38. The molecule has 0 unspecified atom stereocenters. The molecule has 0 amide bonds. The van der Waals surface area contributed by atoms with E-state index >= 15 is 0 Å². The van der Waals surface area contributed by atoms with Gasteiger partial charge in [-0.15, -0.1) is 0 Å². The molecule has 0 aliphatic heterocycles. The van der Waals surface area contributed by atoms with E-state index in [1.807, 2.05) is 29.7 Å². The van der Waals surface area contributed by atoms with Crippen LogP contribution >= 0.6 is 0 Å². The molecular formula is C23H31N5O. The van der Waals surface area contributed by atoms with Crippen LogP contribution in [0.1, 0.15) is 31.0 Å². The maximum atomic E-state index is 11.9. The number of nitrogens with zero attached hydrogens (tertiary/aromatic N) is 2. The van der Waals surface area contributed by atoms with Crippen molar-refractivity contribution < 1.29 is 0 Å². The van der Waals surface area contributed by atoms with Crippen LogP contribution in [-0.4, -0.2) is 35.1 Å². The van der Waals surface area contributed by atoms with Crippen molar-refractivity contribution in [2.75, 3.05) is 19.6 Å². The van der Waals surface area contributed by atoms with Crippen LogP contribution in [0, 0.1) is 6.92 Å². The number of benzene rings is 1. The van der Waals surface area contributed by atoms with E-state index in [4.69, 9.17) is 0 Å². The Hall–Kier alpha value is -3.02. The second-order valence-electron chi connectivity index (χ2n) is 7.16. The minimum atomic E-state index is 0.0702. The van der Waals surface area contributed by atoms with Crippen molar-refractivity contribution in [3.8, 4) is 0 Å². The smallest absolute Gasteiger partial charge is 0.250 e. The van der Waals surface area contributed by atoms with Gasteiger partial charge in [0.05, 0.1) is 0 Å². The Morgan fingerprint density at radius 2 is 1.97 bits per heavy atom. The quantitative estimate of drug-likeness (QED) is 0.297. The highest BCUT2D eigenvalue weighted by Gasteiger charge is 2.04. The average molecular weight is 394 g/mol. The molecule has 0 radical (unpaired) electrons. The minimum Gasteiger partial charge on any atom is -0.361 e. The third-order valence-corrected chi connectivity index (χ3v) is 5.03. The molecule has 29 heavy (non-hydrogen) atoms. The molecule has 0 saturated heterocycles. The van der Waals surface area contributed by atoms with Gasteiger partial charge in [-0.05, 0) is 50.8 Å². The number of hydrogen-bond acceptors (Lipinski definition) is 2. The summed E-state index contributed by atoms with van der Waals surface area (Å²) in [5.74, 6) is 0.848. The number of nitrogens with one attached hydrogen (secondary N) is 3. The summed E-state index contributed by atoms with van der Waals surface area (Å²) in [4.78, 5) is 19.9. The van der Waals surface area contributed by atoms with Gasteiger partial charge >= 0.3 is 0 Å². The monoisotopic (exact) mass is 393 g/mol. The van der Waals surface area contributed by atoms with Crippen LogP contribution in [0.15, 0.2) is 58.4 Å². The molecule has 2 heterocycles. The maximum absolute atomic E-state index is 11.9. The van der Waals surface area contributed by atoms with Crippen LogP contribution in [-0.2, 0) is 13.0 Å². The van der Waals surface area contributed by atoms with E-state index in [-0.39, 0.29) is 5.56 Å². The van der Waals surface area contributed by atoms with Crippen molar-refractivity contribution in [2.24, 2.45) is 4.99 Å². The molecule has 0 atom stereocenters. The summed E-state index contributed by atoms with van der Waals surface area (Å²) >= 11 is 0. The van der Waals surface area contributed by atoms with E-state index in [9.17, 15) is 4.79 Å². The highest BCUT2D eigenvalue weighted by Crippen LogP contribution is 2.17. The SMILES string of the molecule is CCNC(=NCCCCn1c(C)cccc1=O)NCCc1c[nH]c2ccccc12. The van der Waals surface area contributed by atoms with Gasteiger partial charge in [0, 0.05) is 55.0 Å². The molecule has 3 rings (SSSR count). The molecule has 1 aromatic carbocycles. The molecular weight excluding hydrogens is 362 g/mol. The minimum absolute atomic E-state index is 0.0702. The van der Waals surface area contributed by atoms with Gasteiger partial charge in [-0.25, -0.2) is 0 Å². The molecule has 0 aliphatic carbocycles. The first-order chi connectivity index (χ1) is 14.2. The number of hydrogen-bond donors (Lipinski definition) is 3. The summed E-state index contributed by atoms with van der Waals surface area (Å²) in [6, 6.07) is 13.8. The number of aryl methyl sites for hydroxylation is 1. The zero-order valence-corrected chi connectivity index (χ0v) is 17.4. The van der Waals surface area contributed by atoms with Crippen molar-refractivity contribution in [1.82, 2.24) is 20.2 Å². The van der Waals surface area contributed by atoms with Crippen LogP contribution in [0.25, 0.3) is 10.9 Å². The predicted octanol–water partition coefficient (Wildman–Crippen LogP) is 3.22. The third-order valence-electron chi connectivity index (χ3n) is 5.03. The Morgan fingerprint density at radius 1 is 1.10 bits per heavy atom. The number of unbranched alkanes of at least 4 members (excludes halogenated alkanes) is 1. The van der Waals surface area contributed by atoms with E-state index in [0.717, 1.165) is 57.1 Å². The number of H-pyrrole nitrogens is 1. The van der Waals surface area contributed by atoms with Gasteiger partial charge < -0.3 is 20.2 Å². The van der Waals surface area contributed by atoms with E-state index in [1.54, 1.807) is 6.07 Å². The van der Waals surface area contributed by atoms with Crippen molar-refractivity contribution in [3.05, 3.63) is 70.3 Å². The van der Waals surface area contributed by atoms with Crippen LogP contribution in [0.3, 0.4) is 0 Å². The summed E-state index contributed by atoms with van der Waals surface area (Å²) < 4.78 is 1.83. The summed E-state index contributed by atoms with van der Waals surface area (Å²) in [7, 11) is 0. The molecule has 2 aromatic heterocycles. The summed E-state index contributed by atoms with van der Waals surface area (Å²) in [5, 5.41) is 8.00. The molecule has 6 nitrogen and oxygen atoms in total. The second kappa shape index (κ2) is 10.5. The Balaban J connectivity index is 1.45.